The summed E-state index contributed by atoms with van der Waals surface area (Å²) in [7, 11) is 0. The lowest BCUT2D eigenvalue weighted by Gasteiger charge is -2.08. The Balaban J connectivity index is 1.43. The third kappa shape index (κ3) is 3.20. The Hall–Kier alpha value is -2.39. The second kappa shape index (κ2) is 6.39. The highest BCUT2D eigenvalue weighted by Gasteiger charge is 2.16. The Morgan fingerprint density at radius 3 is 2.91 bits per heavy atom. The number of nitrogens with one attached hydrogen (secondary N) is 1. The molecule has 1 aromatic carbocycles. The lowest BCUT2D eigenvalue weighted by atomic mass is 10.2. The maximum absolute atomic E-state index is 5.59. The molecule has 1 atom stereocenters. The second-order valence-electron chi connectivity index (χ2n) is 5.23. The molecular formula is C14H15N7OS. The predicted molar refractivity (Wildman–Crippen MR) is 85.5 cm³/mol. The third-order valence-electron chi connectivity index (χ3n) is 3.66. The van der Waals surface area contributed by atoms with Crippen LogP contribution < -0.4 is 5.32 Å². The number of rotatable bonds is 5. The van der Waals surface area contributed by atoms with Gasteiger partial charge in [-0.25, -0.2) is 4.68 Å². The average Bonchev–Trinajstić information content (AvgIpc) is 3.35. The van der Waals surface area contributed by atoms with Gasteiger partial charge in [0.05, 0.1) is 11.8 Å². The van der Waals surface area contributed by atoms with Gasteiger partial charge in [-0.05, 0) is 47.5 Å². The van der Waals surface area contributed by atoms with Crippen LogP contribution in [0.3, 0.4) is 0 Å². The molecule has 1 aliphatic heterocycles. The lowest BCUT2D eigenvalue weighted by Crippen LogP contribution is -2.18. The maximum atomic E-state index is 5.59. The van der Waals surface area contributed by atoms with E-state index in [1.165, 1.54) is 11.3 Å². The lowest BCUT2D eigenvalue weighted by molar-refractivity contribution is 0.120. The first-order valence-electron chi connectivity index (χ1n) is 7.41. The molecular weight excluding hydrogens is 314 g/mol. The zero-order valence-corrected chi connectivity index (χ0v) is 13.1. The van der Waals surface area contributed by atoms with Crippen LogP contribution in [-0.2, 0) is 4.74 Å². The number of benzene rings is 1. The van der Waals surface area contributed by atoms with Crippen molar-refractivity contribution in [1.82, 2.24) is 30.4 Å². The van der Waals surface area contributed by atoms with Crippen molar-refractivity contribution in [3.05, 3.63) is 30.6 Å². The van der Waals surface area contributed by atoms with Crippen LogP contribution in [-0.4, -0.2) is 49.7 Å². The minimum atomic E-state index is 0.290. The summed E-state index contributed by atoms with van der Waals surface area (Å²) in [4.78, 5) is 0. The normalized spacial score (nSPS) is 17.5. The molecule has 0 bridgehead atoms. The van der Waals surface area contributed by atoms with Gasteiger partial charge >= 0.3 is 0 Å². The molecule has 0 saturated carbocycles. The number of hydrogen-bond donors (Lipinski definition) is 1. The highest BCUT2D eigenvalue weighted by molar-refractivity contribution is 7.18. The van der Waals surface area contributed by atoms with Crippen LogP contribution in [0, 0.1) is 0 Å². The van der Waals surface area contributed by atoms with Gasteiger partial charge in [0.2, 0.25) is 5.13 Å². The smallest absolute Gasteiger partial charge is 0.206 e. The van der Waals surface area contributed by atoms with E-state index in [0.717, 1.165) is 47.4 Å². The van der Waals surface area contributed by atoms with Gasteiger partial charge in [-0.2, -0.15) is 0 Å². The molecule has 8 nitrogen and oxygen atoms in total. The quantitative estimate of drug-likeness (QED) is 0.763. The highest BCUT2D eigenvalue weighted by Crippen LogP contribution is 2.27. The van der Waals surface area contributed by atoms with Crippen LogP contribution in [0.2, 0.25) is 0 Å². The minimum Gasteiger partial charge on any atom is -0.376 e. The van der Waals surface area contributed by atoms with Crippen LogP contribution >= 0.6 is 11.3 Å². The van der Waals surface area contributed by atoms with Crippen molar-refractivity contribution in [1.29, 1.82) is 0 Å². The summed E-state index contributed by atoms with van der Waals surface area (Å²) in [6, 6.07) is 7.88. The van der Waals surface area contributed by atoms with Crippen molar-refractivity contribution in [2.75, 3.05) is 18.5 Å². The number of tetrazole rings is 1. The van der Waals surface area contributed by atoms with Gasteiger partial charge in [0.25, 0.3) is 0 Å². The van der Waals surface area contributed by atoms with Crippen molar-refractivity contribution in [2.45, 2.75) is 18.9 Å². The molecule has 23 heavy (non-hydrogen) atoms. The Morgan fingerprint density at radius 1 is 1.26 bits per heavy atom. The largest absolute Gasteiger partial charge is 0.376 e. The number of aromatic nitrogens is 6. The molecule has 0 aliphatic carbocycles. The van der Waals surface area contributed by atoms with Crippen molar-refractivity contribution in [3.63, 3.8) is 0 Å². The highest BCUT2D eigenvalue weighted by atomic mass is 32.1. The fourth-order valence-corrected chi connectivity index (χ4v) is 3.21. The SMILES string of the molecule is c1cc(-n2cnnn2)ccc1-c1nnc(NC[C@H]2CCCO2)s1. The van der Waals surface area contributed by atoms with Crippen molar-refractivity contribution in [2.24, 2.45) is 0 Å². The molecule has 4 rings (SSSR count). The van der Waals surface area contributed by atoms with Gasteiger partial charge in [-0.15, -0.1) is 15.3 Å². The van der Waals surface area contributed by atoms with Gasteiger partial charge in [0, 0.05) is 18.7 Å². The summed E-state index contributed by atoms with van der Waals surface area (Å²) >= 11 is 1.54. The summed E-state index contributed by atoms with van der Waals surface area (Å²) in [5, 5.41) is 24.6. The van der Waals surface area contributed by atoms with Crippen molar-refractivity contribution in [3.8, 4) is 16.3 Å². The van der Waals surface area contributed by atoms with Crippen LogP contribution in [0.1, 0.15) is 12.8 Å². The first kappa shape index (κ1) is 14.2. The number of hydrogen-bond acceptors (Lipinski definition) is 8. The molecule has 1 saturated heterocycles. The number of ether oxygens (including phenoxy) is 1. The Bertz CT molecular complexity index is 750. The van der Waals surface area contributed by atoms with E-state index in [-0.39, 0.29) is 6.10 Å². The van der Waals surface area contributed by atoms with E-state index in [2.05, 4.69) is 31.0 Å². The summed E-state index contributed by atoms with van der Waals surface area (Å²) in [5.74, 6) is 0. The van der Waals surface area contributed by atoms with Crippen LogP contribution in [0.5, 0.6) is 0 Å². The van der Waals surface area contributed by atoms with E-state index >= 15 is 0 Å². The molecule has 118 valence electrons. The topological polar surface area (TPSA) is 90.6 Å². The van der Waals surface area contributed by atoms with Gasteiger partial charge < -0.3 is 10.1 Å². The molecule has 1 N–H and O–H groups in total. The molecule has 0 spiro atoms. The van der Waals surface area contributed by atoms with Crippen LogP contribution in [0.25, 0.3) is 16.3 Å². The fourth-order valence-electron chi connectivity index (χ4n) is 2.45. The Morgan fingerprint density at radius 2 is 2.17 bits per heavy atom. The van der Waals surface area contributed by atoms with E-state index in [0.29, 0.717) is 0 Å². The Kier molecular flexibility index (Phi) is 3.95. The zero-order valence-electron chi connectivity index (χ0n) is 12.3. The molecule has 3 aromatic rings. The monoisotopic (exact) mass is 329 g/mol. The molecule has 1 fully saturated rings. The van der Waals surface area contributed by atoms with Crippen LogP contribution in [0.4, 0.5) is 5.13 Å². The van der Waals surface area contributed by atoms with E-state index < -0.39 is 0 Å². The summed E-state index contributed by atoms with van der Waals surface area (Å²) in [6.07, 6.45) is 4.10. The first-order chi connectivity index (χ1) is 11.4. The Labute approximate surface area is 136 Å². The molecule has 3 heterocycles. The molecule has 1 aliphatic rings. The second-order valence-corrected chi connectivity index (χ2v) is 6.21. The third-order valence-corrected chi connectivity index (χ3v) is 4.59. The van der Waals surface area contributed by atoms with Gasteiger partial charge in [0.15, 0.2) is 0 Å². The van der Waals surface area contributed by atoms with Gasteiger partial charge in [-0.1, -0.05) is 11.3 Å². The fraction of sp³-hybridized carbons (Fsp3) is 0.357. The number of nitrogens with zero attached hydrogens (tertiary/aromatic N) is 6. The van der Waals surface area contributed by atoms with E-state index in [1.807, 2.05) is 24.3 Å². The van der Waals surface area contributed by atoms with E-state index in [9.17, 15) is 0 Å². The molecule has 2 aromatic heterocycles. The minimum absolute atomic E-state index is 0.290. The van der Waals surface area contributed by atoms with Gasteiger partial charge in [-0.3, -0.25) is 0 Å². The molecule has 0 amide bonds. The molecule has 0 unspecified atom stereocenters. The molecule has 0 radical (unpaired) electrons. The predicted octanol–water partition coefficient (Wildman–Crippen LogP) is 1.77. The van der Waals surface area contributed by atoms with E-state index in [1.54, 1.807) is 11.0 Å². The first-order valence-corrected chi connectivity index (χ1v) is 8.23. The van der Waals surface area contributed by atoms with E-state index in [4.69, 9.17) is 4.74 Å². The summed E-state index contributed by atoms with van der Waals surface area (Å²) in [5.41, 5.74) is 1.92. The van der Waals surface area contributed by atoms with Gasteiger partial charge in [0.1, 0.15) is 11.3 Å². The van der Waals surface area contributed by atoms with Crippen LogP contribution in [0.15, 0.2) is 30.6 Å². The average molecular weight is 329 g/mol. The maximum Gasteiger partial charge on any atom is 0.206 e. The summed E-state index contributed by atoms with van der Waals surface area (Å²) in [6.45, 7) is 1.65. The zero-order chi connectivity index (χ0) is 15.5. The van der Waals surface area contributed by atoms with Crippen molar-refractivity contribution < 1.29 is 4.74 Å². The number of anilines is 1. The summed E-state index contributed by atoms with van der Waals surface area (Å²) < 4.78 is 7.20. The van der Waals surface area contributed by atoms with Crippen molar-refractivity contribution >= 4 is 16.5 Å². The molecule has 9 heteroatoms. The standard InChI is InChI=1S/C14H15N7OS/c1-2-12(22-7-1)8-15-14-18-17-13(23-14)10-3-5-11(6-4-10)21-9-16-19-20-21/h3-6,9,12H,1-2,7-8H2,(H,15,18)/t12-/m1/s1.